The Kier molecular flexibility index (Phi) is 18.5. The molecule has 0 bridgehead atoms. The number of rotatable bonds is 13. The summed E-state index contributed by atoms with van der Waals surface area (Å²) in [4.78, 5) is 62.1. The molecule has 8 N–H and O–H groups in total. The number of nitrogens with two attached hydrogens (primary N) is 3. The van der Waals surface area contributed by atoms with Crippen molar-refractivity contribution in [2.45, 2.75) is 99.5 Å². The number of nitrogen functional groups attached to an aromatic ring is 3. The van der Waals surface area contributed by atoms with Gasteiger partial charge in [0.15, 0.2) is 0 Å². The van der Waals surface area contributed by atoms with Crippen molar-refractivity contribution < 1.29 is 10.2 Å². The molecule has 6 fully saturated rings. The molecule has 3 saturated heterocycles. The van der Waals surface area contributed by atoms with Crippen molar-refractivity contribution >= 4 is 72.5 Å². The molecule has 0 amide bonds. The summed E-state index contributed by atoms with van der Waals surface area (Å²) in [5.74, 6) is 6.66. The van der Waals surface area contributed by atoms with Crippen LogP contribution in [0.15, 0.2) is 238 Å². The molecule has 0 spiro atoms. The molecule has 23 heteroatoms. The molecular formula is C91H87N21O2. The predicted octanol–water partition coefficient (Wildman–Crippen LogP) is 14.1. The summed E-state index contributed by atoms with van der Waals surface area (Å²) >= 11 is 0. The summed E-state index contributed by atoms with van der Waals surface area (Å²) in [7, 11) is 0. The second kappa shape index (κ2) is 29.9. The second-order valence-corrected chi connectivity index (χ2v) is 31.4. The zero-order valence-electron chi connectivity index (χ0n) is 63.1. The second-order valence-electron chi connectivity index (χ2n) is 31.4. The maximum Gasteiger partial charge on any atom is 0.150 e. The number of piperazine rings is 1. The zero-order valence-corrected chi connectivity index (χ0v) is 63.1. The largest absolute Gasteiger partial charge is 0.392 e. The topological polar surface area (TPSA) is 286 Å². The number of imidazole rings is 3. The number of likely N-dealkylation sites (tertiary alicyclic amines) is 2. The smallest absolute Gasteiger partial charge is 0.150 e. The highest BCUT2D eigenvalue weighted by atomic mass is 16.3. The van der Waals surface area contributed by atoms with Crippen LogP contribution in [0.25, 0.3) is 117 Å². The number of aromatic nitrogens is 14. The highest BCUT2D eigenvalue weighted by Crippen LogP contribution is 2.47. The lowest BCUT2D eigenvalue weighted by Crippen LogP contribution is -2.54. The van der Waals surface area contributed by atoms with Gasteiger partial charge >= 0.3 is 0 Å². The van der Waals surface area contributed by atoms with Crippen LogP contribution in [0.4, 0.5) is 23.3 Å². The van der Waals surface area contributed by atoms with Gasteiger partial charge in [-0.05, 0) is 87.8 Å². The number of hydrogen-bond acceptors (Lipinski definition) is 20. The first-order valence-electron chi connectivity index (χ1n) is 39.9. The molecule has 22 rings (SSSR count). The highest BCUT2D eigenvalue weighted by molar-refractivity contribution is 5.95. The third-order valence-corrected chi connectivity index (χ3v) is 24.5. The minimum absolute atomic E-state index is 0.183. The Morgan fingerprint density at radius 1 is 0.333 bits per heavy atom. The fourth-order valence-corrected chi connectivity index (χ4v) is 18.1. The molecular weight excluding hydrogens is 1420 g/mol. The molecule has 16 aromatic rings. The van der Waals surface area contributed by atoms with Gasteiger partial charge in [0.2, 0.25) is 0 Å². The Balaban J connectivity index is 0.000000111. The van der Waals surface area contributed by atoms with Crippen LogP contribution in [-0.4, -0.2) is 176 Å². The van der Waals surface area contributed by atoms with Crippen LogP contribution in [0.1, 0.15) is 86.6 Å². The van der Waals surface area contributed by atoms with Crippen molar-refractivity contribution in [3.63, 3.8) is 0 Å². The van der Waals surface area contributed by atoms with E-state index in [0.717, 1.165) is 244 Å². The number of hydrogen-bond donors (Lipinski definition) is 5. The van der Waals surface area contributed by atoms with Crippen molar-refractivity contribution in [3.05, 3.63) is 255 Å². The number of β-amino-alcohol motifs (C(OH)–C–C–N with tert-alkyl or cyclic N) is 2. The first-order chi connectivity index (χ1) is 56.0. The van der Waals surface area contributed by atoms with Crippen LogP contribution >= 0.6 is 0 Å². The summed E-state index contributed by atoms with van der Waals surface area (Å²) in [6, 6.07) is 63.9. The van der Waals surface area contributed by atoms with E-state index in [1.165, 1.54) is 0 Å². The Bertz CT molecular complexity index is 5980. The standard InChI is InChI=1S/C33H31N9.2C29H28N6O/c34-32-31-30(24-7-6-23-8-9-27(38-28(23)20-24)22-4-2-1-3-5-22)39-33(42(31)13-12-37-32)25-18-26(19-25)40-14-16-41(17-15-40)29-21-35-10-11-36-29;2*30-28-27-26(20-7-6-19-8-9-24(32-25(19)16-20)18-4-2-1-3-5-18)33-29(35(27)13-11-31-28)21-14-22(15-21)34-12-10-23(36)17-34/h1-13,20-21,25-26H,14-19H2,(H2,34,37);2*1-9,11,13,16,21-23,36H,10,12,14-15,17H2,(H2,30,31)/t;2*21?,22?,23-/m.10/s1. The van der Waals surface area contributed by atoms with E-state index < -0.39 is 0 Å². The lowest BCUT2D eigenvalue weighted by Gasteiger charge is -2.46. The van der Waals surface area contributed by atoms with Gasteiger partial charge in [-0.2, -0.15) is 0 Å². The Morgan fingerprint density at radius 3 is 1.02 bits per heavy atom. The van der Waals surface area contributed by atoms with Crippen molar-refractivity contribution in [3.8, 4) is 67.5 Å². The van der Waals surface area contributed by atoms with Crippen LogP contribution in [-0.2, 0) is 0 Å². The van der Waals surface area contributed by atoms with E-state index in [2.05, 4.69) is 185 Å². The normalized spacial score (nSPS) is 21.2. The quantitative estimate of drug-likeness (QED) is 0.0717. The molecule has 3 saturated carbocycles. The third kappa shape index (κ3) is 13.5. The Morgan fingerprint density at radius 2 is 0.684 bits per heavy atom. The van der Waals surface area contributed by atoms with E-state index in [-0.39, 0.29) is 12.2 Å². The first-order valence-corrected chi connectivity index (χ1v) is 39.9. The van der Waals surface area contributed by atoms with E-state index >= 15 is 0 Å². The first kappa shape index (κ1) is 70.6. The average molecular weight is 1510 g/mol. The number of pyridine rings is 3. The van der Waals surface area contributed by atoms with Gasteiger partial charge in [0.1, 0.15) is 74.4 Å². The summed E-state index contributed by atoms with van der Waals surface area (Å²) in [5, 5.41) is 23.1. The molecule has 0 unspecified atom stereocenters. The summed E-state index contributed by atoms with van der Waals surface area (Å²) in [6.45, 7) is 7.56. The average Bonchev–Trinajstić information content (AvgIpc) is 1.89. The van der Waals surface area contributed by atoms with Crippen LogP contribution in [0.3, 0.4) is 0 Å². The van der Waals surface area contributed by atoms with Crippen LogP contribution in [0, 0.1) is 0 Å². The molecule has 23 nitrogen and oxygen atoms in total. The van der Waals surface area contributed by atoms with Gasteiger partial charge in [-0.1, -0.05) is 146 Å². The Hall–Kier alpha value is -12.5. The fraction of sp³-hybridized carbons (Fsp3) is 0.264. The predicted molar refractivity (Wildman–Crippen MR) is 448 cm³/mol. The summed E-state index contributed by atoms with van der Waals surface area (Å²) < 4.78 is 6.40. The lowest BCUT2D eigenvalue weighted by molar-refractivity contribution is 0.0992. The highest BCUT2D eigenvalue weighted by Gasteiger charge is 2.43. The molecule has 3 aliphatic heterocycles. The zero-order chi connectivity index (χ0) is 76.5. The third-order valence-electron chi connectivity index (χ3n) is 24.5. The van der Waals surface area contributed by atoms with Gasteiger partial charge < -0.3 is 32.3 Å². The van der Waals surface area contributed by atoms with Gasteiger partial charge in [0, 0.05) is 187 Å². The molecule has 3 aliphatic carbocycles. The minimum atomic E-state index is -0.183. The number of aliphatic hydroxyl groups is 2. The minimum Gasteiger partial charge on any atom is -0.392 e. The Labute approximate surface area is 658 Å². The number of benzene rings is 6. The molecule has 568 valence electrons. The number of aliphatic hydroxyl groups excluding tert-OH is 2. The molecule has 13 heterocycles. The van der Waals surface area contributed by atoms with Crippen molar-refractivity contribution in [1.29, 1.82) is 0 Å². The van der Waals surface area contributed by atoms with Crippen LogP contribution in [0.2, 0.25) is 0 Å². The van der Waals surface area contributed by atoms with E-state index in [1.54, 1.807) is 31.0 Å². The van der Waals surface area contributed by atoms with E-state index in [4.69, 9.17) is 47.1 Å². The molecule has 10 aromatic heterocycles. The maximum atomic E-state index is 9.93. The van der Waals surface area contributed by atoms with Crippen LogP contribution < -0.4 is 22.1 Å². The van der Waals surface area contributed by atoms with Gasteiger partial charge in [0.05, 0.1) is 52.0 Å². The van der Waals surface area contributed by atoms with Crippen molar-refractivity contribution in [2.24, 2.45) is 0 Å². The van der Waals surface area contributed by atoms with Gasteiger partial charge in [-0.15, -0.1) is 0 Å². The number of anilines is 4. The van der Waals surface area contributed by atoms with Crippen LogP contribution in [0.5, 0.6) is 0 Å². The van der Waals surface area contributed by atoms with Gasteiger partial charge in [0.25, 0.3) is 0 Å². The molecule has 6 aliphatic rings. The SMILES string of the molecule is Nc1nccn2c(C3CC(N4CCN(c5cnccn5)CC4)C3)nc(-c3ccc4ccc(-c5ccccc5)nc4c3)c12.Nc1nccn2c(C3CC(N4CC[C@@H](O)C4)C3)nc(-c3ccc4ccc(-c5ccccc5)nc4c3)c12.Nc1nccn2c(C3CC(N4CC[C@H](O)C4)C3)nc(-c3ccc4ccc(-c5ccccc5)nc4c3)c12. The van der Waals surface area contributed by atoms with Crippen molar-refractivity contribution in [2.75, 3.05) is 74.5 Å². The monoisotopic (exact) mass is 1510 g/mol. The van der Waals surface area contributed by atoms with Gasteiger partial charge in [-0.25, -0.2) is 49.8 Å². The van der Waals surface area contributed by atoms with E-state index in [9.17, 15) is 10.2 Å². The van der Waals surface area contributed by atoms with Gasteiger partial charge in [-0.3, -0.25) is 32.9 Å². The summed E-state index contributed by atoms with van der Waals surface area (Å²) in [5.41, 5.74) is 36.3. The molecule has 114 heavy (non-hydrogen) atoms. The van der Waals surface area contributed by atoms with E-state index in [0.29, 0.717) is 53.3 Å². The molecule has 6 aromatic carbocycles. The van der Waals surface area contributed by atoms with E-state index in [1.807, 2.05) is 79.4 Å². The summed E-state index contributed by atoms with van der Waals surface area (Å²) in [6.07, 6.45) is 24.3. The number of fused-ring (bicyclic) bond motifs is 6. The fourth-order valence-electron chi connectivity index (χ4n) is 18.1. The molecule has 0 radical (unpaired) electrons. The molecule has 2 atom stereocenters. The lowest BCUT2D eigenvalue weighted by atomic mass is 9.78. The number of nitrogens with zero attached hydrogens (tertiary/aromatic N) is 18. The van der Waals surface area contributed by atoms with Crippen molar-refractivity contribution in [1.82, 2.24) is 82.7 Å². The maximum absolute atomic E-state index is 9.93.